The summed E-state index contributed by atoms with van der Waals surface area (Å²) in [7, 11) is 0. The average Bonchev–Trinajstić information content (AvgIpc) is 2.41. The van der Waals surface area contributed by atoms with Crippen molar-refractivity contribution in [3.8, 4) is 0 Å². The van der Waals surface area contributed by atoms with Crippen molar-refractivity contribution in [2.24, 2.45) is 11.3 Å². The number of aliphatic hydroxyl groups is 1. The predicted octanol–water partition coefficient (Wildman–Crippen LogP) is 3.88. The highest BCUT2D eigenvalue weighted by Gasteiger charge is 2.37. The van der Waals surface area contributed by atoms with Gasteiger partial charge in [0.25, 0.3) is 0 Å². The average molecular weight is 267 g/mol. The van der Waals surface area contributed by atoms with Gasteiger partial charge in [-0.1, -0.05) is 40.0 Å². The van der Waals surface area contributed by atoms with E-state index in [1.54, 1.807) is 0 Å². The summed E-state index contributed by atoms with van der Waals surface area (Å²) in [5.41, 5.74) is -0.00567. The molecular formula is C17H33NO. The molecule has 0 aromatic carbocycles. The van der Waals surface area contributed by atoms with Crippen LogP contribution in [0.15, 0.2) is 0 Å². The zero-order valence-electron chi connectivity index (χ0n) is 13.2. The summed E-state index contributed by atoms with van der Waals surface area (Å²) in [6.45, 7) is 7.77. The molecule has 0 aliphatic heterocycles. The second kappa shape index (κ2) is 6.13. The Kier molecular flexibility index (Phi) is 4.94. The Balaban J connectivity index is 1.81. The molecule has 19 heavy (non-hydrogen) atoms. The fourth-order valence-corrected chi connectivity index (χ4v) is 3.86. The van der Waals surface area contributed by atoms with E-state index in [1.807, 2.05) is 0 Å². The predicted molar refractivity (Wildman–Crippen MR) is 81.2 cm³/mol. The standard InChI is InChI=1S/C17H33NO/c1-4-14-7-5-6-8-15(14)18-13-17(19)11-9-16(2,3)10-12-17/h14-15,18-19H,4-13H2,1-3H3. The third-order valence-corrected chi connectivity index (χ3v) is 5.66. The van der Waals surface area contributed by atoms with E-state index in [-0.39, 0.29) is 0 Å². The van der Waals surface area contributed by atoms with E-state index >= 15 is 0 Å². The van der Waals surface area contributed by atoms with Crippen LogP contribution in [-0.4, -0.2) is 23.3 Å². The van der Waals surface area contributed by atoms with Crippen molar-refractivity contribution in [2.75, 3.05) is 6.54 Å². The summed E-state index contributed by atoms with van der Waals surface area (Å²) in [4.78, 5) is 0. The summed E-state index contributed by atoms with van der Waals surface area (Å²) in [6.07, 6.45) is 11.0. The third kappa shape index (κ3) is 4.19. The van der Waals surface area contributed by atoms with Crippen LogP contribution in [0.1, 0.15) is 78.6 Å². The van der Waals surface area contributed by atoms with E-state index in [0.717, 1.165) is 38.1 Å². The van der Waals surface area contributed by atoms with Crippen LogP contribution >= 0.6 is 0 Å². The first-order valence-corrected chi connectivity index (χ1v) is 8.40. The topological polar surface area (TPSA) is 32.3 Å². The van der Waals surface area contributed by atoms with Crippen molar-refractivity contribution >= 4 is 0 Å². The number of nitrogens with one attached hydrogen (secondary N) is 1. The molecule has 0 aromatic heterocycles. The lowest BCUT2D eigenvalue weighted by Crippen LogP contribution is -2.50. The molecule has 0 radical (unpaired) electrons. The molecule has 2 fully saturated rings. The number of hydrogen-bond acceptors (Lipinski definition) is 2. The van der Waals surface area contributed by atoms with E-state index in [2.05, 4.69) is 26.1 Å². The lowest BCUT2D eigenvalue weighted by Gasteiger charge is -2.42. The van der Waals surface area contributed by atoms with E-state index in [0.29, 0.717) is 11.5 Å². The Hall–Kier alpha value is -0.0800. The van der Waals surface area contributed by atoms with Gasteiger partial charge in [0.2, 0.25) is 0 Å². The normalized spacial score (nSPS) is 34.1. The minimum atomic E-state index is -0.439. The Morgan fingerprint density at radius 2 is 1.68 bits per heavy atom. The molecular weight excluding hydrogens is 234 g/mol. The first-order valence-electron chi connectivity index (χ1n) is 8.40. The van der Waals surface area contributed by atoms with Crippen LogP contribution in [0.4, 0.5) is 0 Å². The van der Waals surface area contributed by atoms with Gasteiger partial charge in [-0.05, 0) is 49.9 Å². The lowest BCUT2D eigenvalue weighted by atomic mass is 9.71. The fraction of sp³-hybridized carbons (Fsp3) is 1.00. The minimum Gasteiger partial charge on any atom is -0.389 e. The molecule has 2 aliphatic rings. The van der Waals surface area contributed by atoms with Crippen molar-refractivity contribution in [3.05, 3.63) is 0 Å². The molecule has 2 atom stereocenters. The maximum Gasteiger partial charge on any atom is 0.0772 e. The van der Waals surface area contributed by atoms with E-state index < -0.39 is 5.60 Å². The Morgan fingerprint density at radius 3 is 2.32 bits per heavy atom. The molecule has 0 saturated heterocycles. The molecule has 2 nitrogen and oxygen atoms in total. The summed E-state index contributed by atoms with van der Waals surface area (Å²) >= 11 is 0. The van der Waals surface area contributed by atoms with Crippen LogP contribution in [0.5, 0.6) is 0 Å². The van der Waals surface area contributed by atoms with Gasteiger partial charge in [0.1, 0.15) is 0 Å². The highest BCUT2D eigenvalue weighted by atomic mass is 16.3. The van der Waals surface area contributed by atoms with Gasteiger partial charge in [-0.3, -0.25) is 0 Å². The van der Waals surface area contributed by atoms with Gasteiger partial charge in [0.05, 0.1) is 5.60 Å². The second-order valence-electron chi connectivity index (χ2n) is 7.83. The quantitative estimate of drug-likeness (QED) is 0.810. The molecule has 0 bridgehead atoms. The van der Waals surface area contributed by atoms with Crippen LogP contribution in [-0.2, 0) is 0 Å². The maximum atomic E-state index is 10.7. The molecule has 0 spiro atoms. The Morgan fingerprint density at radius 1 is 1.05 bits per heavy atom. The second-order valence-corrected chi connectivity index (χ2v) is 7.83. The van der Waals surface area contributed by atoms with E-state index in [9.17, 15) is 5.11 Å². The van der Waals surface area contributed by atoms with Gasteiger partial charge in [-0.25, -0.2) is 0 Å². The molecule has 2 saturated carbocycles. The zero-order chi connectivity index (χ0) is 13.9. The first-order chi connectivity index (χ1) is 8.94. The summed E-state index contributed by atoms with van der Waals surface area (Å²) in [5.74, 6) is 0.831. The van der Waals surface area contributed by atoms with Gasteiger partial charge < -0.3 is 10.4 Å². The summed E-state index contributed by atoms with van der Waals surface area (Å²) in [6, 6.07) is 0.651. The largest absolute Gasteiger partial charge is 0.389 e. The van der Waals surface area contributed by atoms with E-state index in [1.165, 1.54) is 32.1 Å². The maximum absolute atomic E-state index is 10.7. The first kappa shape index (κ1) is 15.3. The molecule has 0 heterocycles. The summed E-state index contributed by atoms with van der Waals surface area (Å²) in [5, 5.41) is 14.4. The van der Waals surface area contributed by atoms with E-state index in [4.69, 9.17) is 0 Å². The molecule has 2 N–H and O–H groups in total. The van der Waals surface area contributed by atoms with Crippen molar-refractivity contribution in [1.29, 1.82) is 0 Å². The Bertz CT molecular complexity index is 277. The van der Waals surface area contributed by atoms with Crippen molar-refractivity contribution < 1.29 is 5.11 Å². The van der Waals surface area contributed by atoms with Gasteiger partial charge in [0, 0.05) is 12.6 Å². The third-order valence-electron chi connectivity index (χ3n) is 5.66. The summed E-state index contributed by atoms with van der Waals surface area (Å²) < 4.78 is 0. The van der Waals surface area contributed by atoms with Crippen LogP contribution in [0.2, 0.25) is 0 Å². The van der Waals surface area contributed by atoms with Gasteiger partial charge in [-0.15, -0.1) is 0 Å². The minimum absolute atomic E-state index is 0.434. The SMILES string of the molecule is CCC1CCCCC1NCC1(O)CCC(C)(C)CC1. The van der Waals surface area contributed by atoms with Crippen molar-refractivity contribution in [3.63, 3.8) is 0 Å². The van der Waals surface area contributed by atoms with Crippen molar-refractivity contribution in [2.45, 2.75) is 90.2 Å². The molecule has 2 unspecified atom stereocenters. The lowest BCUT2D eigenvalue weighted by molar-refractivity contribution is -0.0282. The van der Waals surface area contributed by atoms with Crippen LogP contribution in [0.25, 0.3) is 0 Å². The van der Waals surface area contributed by atoms with Crippen molar-refractivity contribution in [1.82, 2.24) is 5.32 Å². The molecule has 0 aromatic rings. The molecule has 2 aliphatic carbocycles. The molecule has 2 heteroatoms. The fourth-order valence-electron chi connectivity index (χ4n) is 3.86. The monoisotopic (exact) mass is 267 g/mol. The Labute approximate surface area is 119 Å². The number of hydrogen-bond donors (Lipinski definition) is 2. The number of rotatable bonds is 4. The van der Waals surface area contributed by atoms with Gasteiger partial charge in [-0.2, -0.15) is 0 Å². The van der Waals surface area contributed by atoms with Gasteiger partial charge in [0.15, 0.2) is 0 Å². The molecule has 2 rings (SSSR count). The van der Waals surface area contributed by atoms with Crippen LogP contribution in [0.3, 0.4) is 0 Å². The highest BCUT2D eigenvalue weighted by molar-refractivity contribution is 4.92. The van der Waals surface area contributed by atoms with Crippen LogP contribution < -0.4 is 5.32 Å². The van der Waals surface area contributed by atoms with Crippen LogP contribution in [0, 0.1) is 11.3 Å². The molecule has 112 valence electrons. The highest BCUT2D eigenvalue weighted by Crippen LogP contribution is 2.40. The zero-order valence-corrected chi connectivity index (χ0v) is 13.2. The smallest absolute Gasteiger partial charge is 0.0772 e. The van der Waals surface area contributed by atoms with Gasteiger partial charge >= 0.3 is 0 Å². The molecule has 0 amide bonds.